The lowest BCUT2D eigenvalue weighted by molar-refractivity contribution is -0.131. The molecule has 8 heteroatoms. The van der Waals surface area contributed by atoms with E-state index in [1.807, 2.05) is 18.2 Å². The van der Waals surface area contributed by atoms with Gasteiger partial charge in [0.2, 0.25) is 0 Å². The normalized spacial score (nSPS) is 11.3. The van der Waals surface area contributed by atoms with Crippen molar-refractivity contribution in [1.82, 2.24) is 10.9 Å². The number of nitrogens with one attached hydrogen (secondary N) is 2. The second-order valence-electron chi connectivity index (χ2n) is 6.32. The molecule has 0 fully saturated rings. The first-order chi connectivity index (χ1) is 13.9. The Balaban J connectivity index is 1.75. The number of hydrogen-bond donors (Lipinski definition) is 2. The van der Waals surface area contributed by atoms with E-state index < -0.39 is 11.8 Å². The SMILES string of the molecule is CCC(C)c1ccc(OCC(=O)NNC(=O)COc2ccccc2OC)c(Br)c1. The highest BCUT2D eigenvalue weighted by atomic mass is 79.9. The van der Waals surface area contributed by atoms with E-state index in [9.17, 15) is 9.59 Å². The summed E-state index contributed by atoms with van der Waals surface area (Å²) in [4.78, 5) is 23.7. The van der Waals surface area contributed by atoms with Crippen LogP contribution >= 0.6 is 15.9 Å². The second-order valence-corrected chi connectivity index (χ2v) is 7.18. The number of amides is 2. The Bertz CT molecular complexity index is 844. The minimum atomic E-state index is -0.511. The van der Waals surface area contributed by atoms with Crippen molar-refractivity contribution in [2.24, 2.45) is 0 Å². The molecular formula is C21H25BrN2O5. The van der Waals surface area contributed by atoms with E-state index in [4.69, 9.17) is 14.2 Å². The number of benzene rings is 2. The van der Waals surface area contributed by atoms with Gasteiger partial charge in [-0.25, -0.2) is 0 Å². The summed E-state index contributed by atoms with van der Waals surface area (Å²) < 4.78 is 16.8. The van der Waals surface area contributed by atoms with Crippen LogP contribution in [-0.4, -0.2) is 32.1 Å². The molecule has 0 bridgehead atoms. The summed E-state index contributed by atoms with van der Waals surface area (Å²) in [7, 11) is 1.51. The molecular weight excluding hydrogens is 440 g/mol. The van der Waals surface area contributed by atoms with E-state index in [-0.39, 0.29) is 13.2 Å². The van der Waals surface area contributed by atoms with Gasteiger partial charge >= 0.3 is 0 Å². The summed E-state index contributed by atoms with van der Waals surface area (Å²) in [6, 6.07) is 12.7. The van der Waals surface area contributed by atoms with Gasteiger partial charge in [-0.05, 0) is 58.1 Å². The summed E-state index contributed by atoms with van der Waals surface area (Å²) in [5, 5.41) is 0. The summed E-state index contributed by atoms with van der Waals surface area (Å²) in [6.45, 7) is 3.76. The Morgan fingerprint density at radius 2 is 1.55 bits per heavy atom. The van der Waals surface area contributed by atoms with Crippen molar-refractivity contribution < 1.29 is 23.8 Å². The van der Waals surface area contributed by atoms with Crippen molar-refractivity contribution >= 4 is 27.7 Å². The van der Waals surface area contributed by atoms with Gasteiger partial charge in [-0.1, -0.05) is 32.0 Å². The van der Waals surface area contributed by atoms with Crippen LogP contribution in [0.1, 0.15) is 31.7 Å². The lowest BCUT2D eigenvalue weighted by Crippen LogP contribution is -2.45. The number of para-hydroxylation sites is 2. The molecule has 29 heavy (non-hydrogen) atoms. The molecule has 0 aliphatic heterocycles. The Morgan fingerprint density at radius 1 is 0.966 bits per heavy atom. The smallest absolute Gasteiger partial charge is 0.276 e. The molecule has 2 N–H and O–H groups in total. The summed E-state index contributed by atoms with van der Waals surface area (Å²) in [5.74, 6) is 0.944. The van der Waals surface area contributed by atoms with Crippen LogP contribution in [0.15, 0.2) is 46.9 Å². The number of carbonyl (C=O) groups excluding carboxylic acids is 2. The maximum atomic E-state index is 11.9. The van der Waals surface area contributed by atoms with E-state index in [1.54, 1.807) is 24.3 Å². The molecule has 0 saturated carbocycles. The third-order valence-electron chi connectivity index (χ3n) is 4.27. The van der Waals surface area contributed by atoms with Gasteiger partial charge in [0, 0.05) is 0 Å². The third-order valence-corrected chi connectivity index (χ3v) is 4.88. The van der Waals surface area contributed by atoms with E-state index in [0.29, 0.717) is 23.2 Å². The first-order valence-electron chi connectivity index (χ1n) is 9.20. The van der Waals surface area contributed by atoms with Crippen LogP contribution in [0, 0.1) is 0 Å². The van der Waals surface area contributed by atoms with Crippen LogP contribution in [-0.2, 0) is 9.59 Å². The molecule has 1 atom stereocenters. The number of rotatable bonds is 9. The van der Waals surface area contributed by atoms with Gasteiger partial charge in [-0.2, -0.15) is 0 Å². The van der Waals surface area contributed by atoms with Gasteiger partial charge in [0.25, 0.3) is 11.8 Å². The molecule has 2 aromatic carbocycles. The van der Waals surface area contributed by atoms with Crippen LogP contribution in [0.4, 0.5) is 0 Å². The quantitative estimate of drug-likeness (QED) is 0.553. The molecule has 0 spiro atoms. The highest BCUT2D eigenvalue weighted by Crippen LogP contribution is 2.30. The van der Waals surface area contributed by atoms with Crippen LogP contribution in [0.2, 0.25) is 0 Å². The number of hydrogen-bond acceptors (Lipinski definition) is 5. The molecule has 2 amide bonds. The highest BCUT2D eigenvalue weighted by molar-refractivity contribution is 9.10. The Labute approximate surface area is 178 Å². The van der Waals surface area contributed by atoms with Crippen LogP contribution in [0.3, 0.4) is 0 Å². The van der Waals surface area contributed by atoms with Crippen molar-refractivity contribution in [2.45, 2.75) is 26.2 Å². The van der Waals surface area contributed by atoms with E-state index in [0.717, 1.165) is 10.9 Å². The Morgan fingerprint density at radius 3 is 2.10 bits per heavy atom. The van der Waals surface area contributed by atoms with Gasteiger partial charge in [-0.15, -0.1) is 0 Å². The van der Waals surface area contributed by atoms with Gasteiger partial charge in [0.05, 0.1) is 11.6 Å². The molecule has 1 unspecified atom stereocenters. The maximum Gasteiger partial charge on any atom is 0.276 e. The van der Waals surface area contributed by atoms with Gasteiger partial charge < -0.3 is 14.2 Å². The fourth-order valence-corrected chi connectivity index (χ4v) is 2.92. The van der Waals surface area contributed by atoms with Crippen LogP contribution in [0.5, 0.6) is 17.2 Å². The first-order valence-corrected chi connectivity index (χ1v) is 9.99. The zero-order valence-corrected chi connectivity index (χ0v) is 18.2. The molecule has 0 heterocycles. The average molecular weight is 465 g/mol. The zero-order valence-electron chi connectivity index (χ0n) is 16.7. The highest BCUT2D eigenvalue weighted by Gasteiger charge is 2.11. The van der Waals surface area contributed by atoms with Gasteiger partial charge in [0.15, 0.2) is 24.7 Å². The molecule has 7 nitrogen and oxygen atoms in total. The molecule has 0 saturated heterocycles. The number of hydrazine groups is 1. The summed E-state index contributed by atoms with van der Waals surface area (Å²) >= 11 is 3.46. The van der Waals surface area contributed by atoms with Crippen LogP contribution in [0.25, 0.3) is 0 Å². The zero-order chi connectivity index (χ0) is 21.2. The second kappa shape index (κ2) is 11.3. The molecule has 2 aromatic rings. The fraction of sp³-hybridized carbons (Fsp3) is 0.333. The van der Waals surface area contributed by atoms with Crippen LogP contribution < -0.4 is 25.1 Å². The van der Waals surface area contributed by atoms with E-state index in [2.05, 4.69) is 40.6 Å². The molecule has 0 aromatic heterocycles. The van der Waals surface area contributed by atoms with Crippen molar-refractivity contribution in [3.63, 3.8) is 0 Å². The molecule has 156 valence electrons. The molecule has 0 aliphatic rings. The fourth-order valence-electron chi connectivity index (χ4n) is 2.41. The molecule has 0 aliphatic carbocycles. The van der Waals surface area contributed by atoms with Gasteiger partial charge in [-0.3, -0.25) is 20.4 Å². The first kappa shape index (κ1) is 22.5. The summed E-state index contributed by atoms with van der Waals surface area (Å²) in [6.07, 6.45) is 1.04. The maximum absolute atomic E-state index is 11.9. The number of halogens is 1. The van der Waals surface area contributed by atoms with Crippen molar-refractivity contribution in [3.05, 3.63) is 52.5 Å². The Kier molecular flexibility index (Phi) is 8.79. The largest absolute Gasteiger partial charge is 0.493 e. The number of carbonyl (C=O) groups is 2. The lowest BCUT2D eigenvalue weighted by atomic mass is 9.99. The number of methoxy groups -OCH3 is 1. The predicted molar refractivity (Wildman–Crippen MR) is 113 cm³/mol. The third kappa shape index (κ3) is 6.98. The topological polar surface area (TPSA) is 85.9 Å². The molecule has 2 rings (SSSR count). The number of ether oxygens (including phenoxy) is 3. The van der Waals surface area contributed by atoms with Crippen molar-refractivity contribution in [1.29, 1.82) is 0 Å². The average Bonchev–Trinajstić information content (AvgIpc) is 2.74. The van der Waals surface area contributed by atoms with Crippen molar-refractivity contribution in [3.8, 4) is 17.2 Å². The Hall–Kier alpha value is -2.74. The predicted octanol–water partition coefficient (Wildman–Crippen LogP) is 3.58. The summed E-state index contributed by atoms with van der Waals surface area (Å²) in [5.41, 5.74) is 5.76. The minimum absolute atomic E-state index is 0.241. The van der Waals surface area contributed by atoms with E-state index in [1.165, 1.54) is 12.7 Å². The molecule has 0 radical (unpaired) electrons. The lowest BCUT2D eigenvalue weighted by Gasteiger charge is -2.13. The standard InChI is InChI=1S/C21H25BrN2O5/c1-4-14(2)15-9-10-17(16(22)11-15)28-12-20(25)23-24-21(26)13-29-19-8-6-5-7-18(19)27-3/h5-11,14H,4,12-13H2,1-3H3,(H,23,25)(H,24,26). The van der Waals surface area contributed by atoms with Crippen molar-refractivity contribution in [2.75, 3.05) is 20.3 Å². The van der Waals surface area contributed by atoms with E-state index >= 15 is 0 Å². The minimum Gasteiger partial charge on any atom is -0.493 e. The van der Waals surface area contributed by atoms with Gasteiger partial charge in [0.1, 0.15) is 5.75 Å². The monoisotopic (exact) mass is 464 g/mol.